The maximum Gasteiger partial charge on any atom is 0.191 e. The van der Waals surface area contributed by atoms with Gasteiger partial charge in [0.15, 0.2) is 5.96 Å². The molecule has 0 aliphatic rings. The van der Waals surface area contributed by atoms with Gasteiger partial charge in [-0.25, -0.2) is 0 Å². The van der Waals surface area contributed by atoms with Crippen LogP contribution in [0.4, 0.5) is 0 Å². The summed E-state index contributed by atoms with van der Waals surface area (Å²) in [5, 5.41) is 6.58. The van der Waals surface area contributed by atoms with E-state index in [-0.39, 0.29) is 24.0 Å². The third-order valence-electron chi connectivity index (χ3n) is 3.46. The van der Waals surface area contributed by atoms with Gasteiger partial charge in [0, 0.05) is 20.2 Å². The molecule has 0 amide bonds. The minimum atomic E-state index is 0. The van der Waals surface area contributed by atoms with Gasteiger partial charge in [-0.3, -0.25) is 4.99 Å². The highest BCUT2D eigenvalue weighted by Crippen LogP contribution is 2.18. The first-order chi connectivity index (χ1) is 11.7. The van der Waals surface area contributed by atoms with Crippen LogP contribution in [0.15, 0.2) is 23.2 Å². The summed E-state index contributed by atoms with van der Waals surface area (Å²) in [4.78, 5) is 4.49. The van der Waals surface area contributed by atoms with Gasteiger partial charge in [-0.1, -0.05) is 12.1 Å². The van der Waals surface area contributed by atoms with E-state index in [9.17, 15) is 0 Å². The van der Waals surface area contributed by atoms with Gasteiger partial charge < -0.3 is 24.8 Å². The summed E-state index contributed by atoms with van der Waals surface area (Å²) in [7, 11) is 3.37. The number of ether oxygens (including phenoxy) is 3. The van der Waals surface area contributed by atoms with Crippen LogP contribution < -0.4 is 15.4 Å². The number of hydrogen-bond donors (Lipinski definition) is 2. The topological polar surface area (TPSA) is 64.1 Å². The van der Waals surface area contributed by atoms with Crippen LogP contribution in [0, 0.1) is 6.92 Å². The van der Waals surface area contributed by atoms with Crippen molar-refractivity contribution in [3.63, 3.8) is 0 Å². The quantitative estimate of drug-likeness (QED) is 0.228. The first-order valence-electron chi connectivity index (χ1n) is 8.43. The van der Waals surface area contributed by atoms with Crippen molar-refractivity contribution in [1.82, 2.24) is 10.6 Å². The molecule has 6 nitrogen and oxygen atoms in total. The lowest BCUT2D eigenvalue weighted by Crippen LogP contribution is -2.38. The Balaban J connectivity index is 0.00000576. The van der Waals surface area contributed by atoms with Crippen LogP contribution in [0.25, 0.3) is 0 Å². The van der Waals surface area contributed by atoms with Crippen LogP contribution in [-0.2, 0) is 15.9 Å². The molecule has 2 N–H and O–H groups in total. The van der Waals surface area contributed by atoms with E-state index in [0.717, 1.165) is 36.8 Å². The van der Waals surface area contributed by atoms with Gasteiger partial charge in [0.05, 0.1) is 33.5 Å². The molecule has 25 heavy (non-hydrogen) atoms. The third kappa shape index (κ3) is 10.5. The summed E-state index contributed by atoms with van der Waals surface area (Å²) in [6.07, 6.45) is 0.908. The summed E-state index contributed by atoms with van der Waals surface area (Å²) in [6.45, 7) is 8.17. The molecule has 0 radical (unpaired) electrons. The second-order valence-corrected chi connectivity index (χ2v) is 5.35. The van der Waals surface area contributed by atoms with Crippen molar-refractivity contribution in [3.8, 4) is 5.75 Å². The summed E-state index contributed by atoms with van der Waals surface area (Å²) in [5.41, 5.74) is 2.39. The van der Waals surface area contributed by atoms with Crippen molar-refractivity contribution in [2.24, 2.45) is 4.99 Å². The van der Waals surface area contributed by atoms with Gasteiger partial charge in [0.1, 0.15) is 5.75 Å². The normalized spacial score (nSPS) is 11.0. The smallest absolute Gasteiger partial charge is 0.191 e. The molecule has 0 aliphatic heterocycles. The first-order valence-corrected chi connectivity index (χ1v) is 8.43. The Labute approximate surface area is 168 Å². The number of rotatable bonds is 11. The van der Waals surface area contributed by atoms with Crippen molar-refractivity contribution < 1.29 is 14.2 Å². The number of aryl methyl sites for hydroxylation is 1. The molecule has 0 aromatic heterocycles. The number of nitrogens with one attached hydrogen (secondary N) is 2. The fraction of sp³-hybridized carbons (Fsp3) is 0.611. The molecule has 7 heteroatoms. The van der Waals surface area contributed by atoms with Crippen LogP contribution in [0.3, 0.4) is 0 Å². The lowest BCUT2D eigenvalue weighted by molar-refractivity contribution is 0.0748. The molecule has 0 atom stereocenters. The molecule has 144 valence electrons. The highest BCUT2D eigenvalue weighted by atomic mass is 127. The maximum atomic E-state index is 5.41. The highest BCUT2D eigenvalue weighted by Gasteiger charge is 2.02. The second kappa shape index (κ2) is 15.2. The SMILES string of the molecule is CCNC(=NCCOCCOC)NCCc1ccc(C)c(OC)c1.I. The summed E-state index contributed by atoms with van der Waals surface area (Å²) in [6, 6.07) is 6.31. The Morgan fingerprint density at radius 3 is 2.60 bits per heavy atom. The van der Waals surface area contributed by atoms with Crippen molar-refractivity contribution in [1.29, 1.82) is 0 Å². The highest BCUT2D eigenvalue weighted by molar-refractivity contribution is 14.0. The predicted octanol–water partition coefficient (Wildman–Crippen LogP) is 2.38. The lowest BCUT2D eigenvalue weighted by atomic mass is 10.1. The largest absolute Gasteiger partial charge is 0.496 e. The van der Waals surface area contributed by atoms with E-state index in [4.69, 9.17) is 14.2 Å². The Bertz CT molecular complexity index is 498. The summed E-state index contributed by atoms with van der Waals surface area (Å²) < 4.78 is 15.7. The van der Waals surface area contributed by atoms with Crippen LogP contribution >= 0.6 is 24.0 Å². The fourth-order valence-corrected chi connectivity index (χ4v) is 2.15. The summed E-state index contributed by atoms with van der Waals surface area (Å²) in [5.74, 6) is 1.74. The predicted molar refractivity (Wildman–Crippen MR) is 114 cm³/mol. The third-order valence-corrected chi connectivity index (χ3v) is 3.46. The van der Waals surface area contributed by atoms with Gasteiger partial charge in [-0.05, 0) is 37.5 Å². The average Bonchev–Trinajstić information content (AvgIpc) is 2.59. The number of methoxy groups -OCH3 is 2. The van der Waals surface area contributed by atoms with Gasteiger partial charge in [0.2, 0.25) is 0 Å². The molecule has 0 saturated heterocycles. The molecule has 0 bridgehead atoms. The van der Waals surface area contributed by atoms with E-state index in [1.165, 1.54) is 5.56 Å². The maximum absolute atomic E-state index is 5.41. The second-order valence-electron chi connectivity index (χ2n) is 5.35. The van der Waals surface area contributed by atoms with Crippen molar-refractivity contribution in [3.05, 3.63) is 29.3 Å². The molecule has 0 fully saturated rings. The molecule has 1 aromatic carbocycles. The molecule has 0 aliphatic carbocycles. The zero-order valence-corrected chi connectivity index (χ0v) is 18.1. The van der Waals surface area contributed by atoms with Gasteiger partial charge >= 0.3 is 0 Å². The molecule has 0 unspecified atom stereocenters. The Morgan fingerprint density at radius 1 is 1.12 bits per heavy atom. The first kappa shape index (κ1) is 23.9. The molecular formula is C18H32IN3O3. The molecule has 1 rings (SSSR count). The standard InChI is InChI=1S/C18H31N3O3.HI/c1-5-19-18(21-10-11-24-13-12-22-3)20-9-8-16-7-6-15(2)17(14-16)23-4;/h6-7,14H,5,8-13H2,1-4H3,(H2,19,20,21);1H. The molecule has 1 aromatic rings. The minimum absolute atomic E-state index is 0. The number of benzene rings is 1. The van der Waals surface area contributed by atoms with Gasteiger partial charge in [-0.2, -0.15) is 0 Å². The van der Waals surface area contributed by atoms with E-state index in [2.05, 4.69) is 40.7 Å². The number of hydrogen-bond acceptors (Lipinski definition) is 4. The molecule has 0 spiro atoms. The van der Waals surface area contributed by atoms with Crippen LogP contribution in [0.5, 0.6) is 5.75 Å². The van der Waals surface area contributed by atoms with E-state index >= 15 is 0 Å². The minimum Gasteiger partial charge on any atom is -0.496 e. The van der Waals surface area contributed by atoms with E-state index < -0.39 is 0 Å². The Morgan fingerprint density at radius 2 is 1.92 bits per heavy atom. The monoisotopic (exact) mass is 465 g/mol. The number of aliphatic imine (C=N–C) groups is 1. The van der Waals surface area contributed by atoms with Crippen molar-refractivity contribution in [2.45, 2.75) is 20.3 Å². The number of halogens is 1. The van der Waals surface area contributed by atoms with Crippen LogP contribution in [0.2, 0.25) is 0 Å². The Kier molecular flexibility index (Phi) is 14.6. The van der Waals surface area contributed by atoms with Gasteiger partial charge in [0.25, 0.3) is 0 Å². The van der Waals surface area contributed by atoms with E-state index in [0.29, 0.717) is 26.4 Å². The zero-order chi connectivity index (χ0) is 17.6. The van der Waals surface area contributed by atoms with E-state index in [1.807, 2.05) is 6.92 Å². The van der Waals surface area contributed by atoms with Gasteiger partial charge in [-0.15, -0.1) is 24.0 Å². The van der Waals surface area contributed by atoms with E-state index in [1.54, 1.807) is 14.2 Å². The lowest BCUT2D eigenvalue weighted by Gasteiger charge is -2.12. The zero-order valence-electron chi connectivity index (χ0n) is 15.8. The average molecular weight is 465 g/mol. The number of guanidine groups is 1. The number of nitrogens with zero attached hydrogens (tertiary/aromatic N) is 1. The van der Waals surface area contributed by atoms with Crippen molar-refractivity contribution >= 4 is 29.9 Å². The molecule has 0 heterocycles. The fourth-order valence-electron chi connectivity index (χ4n) is 2.15. The van der Waals surface area contributed by atoms with Crippen LogP contribution in [0.1, 0.15) is 18.1 Å². The van der Waals surface area contributed by atoms with Crippen LogP contribution in [-0.4, -0.2) is 59.6 Å². The Hall–Kier alpha value is -1.06. The van der Waals surface area contributed by atoms with Crippen molar-refractivity contribution in [2.75, 3.05) is 53.7 Å². The molecule has 0 saturated carbocycles. The summed E-state index contributed by atoms with van der Waals surface area (Å²) >= 11 is 0. The molecular weight excluding hydrogens is 433 g/mol.